The summed E-state index contributed by atoms with van der Waals surface area (Å²) in [5.41, 5.74) is 3.23. The number of hydrogen-bond donors (Lipinski definition) is 2. The number of rotatable bonds is 12. The number of halogens is 2. The van der Waals surface area contributed by atoms with Gasteiger partial charge in [0.1, 0.15) is 11.9 Å². The lowest BCUT2D eigenvalue weighted by molar-refractivity contribution is -0.145. The molecule has 9 nitrogen and oxygen atoms in total. The summed E-state index contributed by atoms with van der Waals surface area (Å²) in [6, 6.07) is 7.47. The Hall–Kier alpha value is -3.47. The van der Waals surface area contributed by atoms with E-state index in [1.165, 1.54) is 30.5 Å². The number of benzene rings is 2. The number of hydrogen-bond acceptors (Lipinski definition) is 7. The van der Waals surface area contributed by atoms with Crippen LogP contribution in [0.15, 0.2) is 46.0 Å². The van der Waals surface area contributed by atoms with E-state index in [1.807, 2.05) is 0 Å². The molecule has 2 aromatic carbocycles. The quantitative estimate of drug-likeness (QED) is 0.229. The van der Waals surface area contributed by atoms with Gasteiger partial charge in [-0.25, -0.2) is 14.6 Å². The Kier molecular flexibility index (Phi) is 11.3. The van der Waals surface area contributed by atoms with Crippen LogP contribution in [0, 0.1) is 11.7 Å². The van der Waals surface area contributed by atoms with Crippen molar-refractivity contribution in [3.05, 3.63) is 57.8 Å². The number of ether oxygens (including phenoxy) is 3. The number of nitrogens with zero attached hydrogens (tertiary/aromatic N) is 1. The van der Waals surface area contributed by atoms with E-state index in [9.17, 15) is 18.8 Å². The van der Waals surface area contributed by atoms with Gasteiger partial charge in [-0.1, -0.05) is 13.8 Å². The molecule has 194 valence electrons. The van der Waals surface area contributed by atoms with E-state index in [1.54, 1.807) is 39.8 Å². The molecule has 0 aliphatic heterocycles. The number of carbonyl (C=O) groups excluding carboxylic acids is 3. The Morgan fingerprint density at radius 2 is 1.78 bits per heavy atom. The molecule has 0 spiro atoms. The summed E-state index contributed by atoms with van der Waals surface area (Å²) in [6.45, 7) is 7.38. The van der Waals surface area contributed by atoms with Crippen molar-refractivity contribution in [3.63, 3.8) is 0 Å². The topological polar surface area (TPSA) is 115 Å². The van der Waals surface area contributed by atoms with Gasteiger partial charge in [0.25, 0.3) is 11.8 Å². The predicted octanol–water partition coefficient (Wildman–Crippen LogP) is 3.83. The van der Waals surface area contributed by atoms with Crippen molar-refractivity contribution in [3.8, 4) is 11.5 Å². The molecule has 0 aliphatic rings. The number of esters is 1. The van der Waals surface area contributed by atoms with E-state index in [0.717, 1.165) is 0 Å². The predicted molar refractivity (Wildman–Crippen MR) is 136 cm³/mol. The Labute approximate surface area is 217 Å². The van der Waals surface area contributed by atoms with Gasteiger partial charge in [-0.05, 0) is 77.7 Å². The van der Waals surface area contributed by atoms with Crippen LogP contribution in [0.25, 0.3) is 0 Å². The molecule has 0 heterocycles. The molecule has 1 atom stereocenters. The van der Waals surface area contributed by atoms with Gasteiger partial charge in [-0.15, -0.1) is 0 Å². The fraction of sp³-hybridized carbons (Fsp3) is 0.360. The van der Waals surface area contributed by atoms with Crippen LogP contribution in [0.1, 0.15) is 43.6 Å². The third-order valence-corrected chi connectivity index (χ3v) is 5.29. The number of hydrazone groups is 1. The van der Waals surface area contributed by atoms with Crippen LogP contribution in [0.4, 0.5) is 4.39 Å². The summed E-state index contributed by atoms with van der Waals surface area (Å²) in [6.07, 6.45) is 1.40. The van der Waals surface area contributed by atoms with E-state index in [2.05, 4.69) is 31.8 Å². The van der Waals surface area contributed by atoms with Gasteiger partial charge < -0.3 is 19.5 Å². The smallest absolute Gasteiger partial charge is 0.344 e. The van der Waals surface area contributed by atoms with Crippen molar-refractivity contribution in [2.45, 2.75) is 33.7 Å². The van der Waals surface area contributed by atoms with E-state index in [0.29, 0.717) is 28.1 Å². The second-order valence-electron chi connectivity index (χ2n) is 7.79. The molecule has 0 fully saturated rings. The first-order valence-corrected chi connectivity index (χ1v) is 12.1. The fourth-order valence-corrected chi connectivity index (χ4v) is 3.57. The molecular weight excluding hydrogens is 537 g/mol. The van der Waals surface area contributed by atoms with Crippen molar-refractivity contribution in [1.82, 2.24) is 10.7 Å². The zero-order valence-corrected chi connectivity index (χ0v) is 22.1. The average Bonchev–Trinajstić information content (AvgIpc) is 2.82. The molecule has 0 radical (unpaired) electrons. The van der Waals surface area contributed by atoms with Crippen molar-refractivity contribution in [1.29, 1.82) is 0 Å². The van der Waals surface area contributed by atoms with Crippen molar-refractivity contribution in [2.75, 3.05) is 19.8 Å². The van der Waals surface area contributed by atoms with Crippen LogP contribution in [0.5, 0.6) is 11.5 Å². The van der Waals surface area contributed by atoms with Crippen LogP contribution in [0.3, 0.4) is 0 Å². The highest BCUT2D eigenvalue weighted by molar-refractivity contribution is 9.10. The van der Waals surface area contributed by atoms with Crippen LogP contribution in [-0.2, 0) is 14.3 Å². The molecule has 0 saturated carbocycles. The monoisotopic (exact) mass is 565 g/mol. The zero-order chi connectivity index (χ0) is 26.7. The summed E-state index contributed by atoms with van der Waals surface area (Å²) < 4.78 is 29.7. The van der Waals surface area contributed by atoms with Gasteiger partial charge in [0.15, 0.2) is 18.1 Å². The van der Waals surface area contributed by atoms with Crippen LogP contribution in [0.2, 0.25) is 0 Å². The van der Waals surface area contributed by atoms with E-state index in [-0.39, 0.29) is 24.7 Å². The SMILES string of the molecule is CCOC(=O)COc1c(Br)cc(/C=N/NC(=O)C(NC(=O)c2ccc(F)cc2)C(C)C)cc1OCC. The highest BCUT2D eigenvalue weighted by atomic mass is 79.9. The van der Waals surface area contributed by atoms with Gasteiger partial charge >= 0.3 is 5.97 Å². The second-order valence-corrected chi connectivity index (χ2v) is 8.65. The van der Waals surface area contributed by atoms with Crippen LogP contribution < -0.4 is 20.2 Å². The average molecular weight is 566 g/mol. The molecule has 0 saturated heterocycles. The molecule has 2 amide bonds. The minimum Gasteiger partial charge on any atom is -0.490 e. The van der Waals surface area contributed by atoms with Gasteiger partial charge in [0.05, 0.1) is 23.9 Å². The van der Waals surface area contributed by atoms with Crippen LogP contribution in [-0.4, -0.2) is 49.9 Å². The Balaban J connectivity index is 2.09. The summed E-state index contributed by atoms with van der Waals surface area (Å²) in [4.78, 5) is 36.8. The molecule has 36 heavy (non-hydrogen) atoms. The van der Waals surface area contributed by atoms with Gasteiger partial charge in [0, 0.05) is 5.56 Å². The number of amides is 2. The molecule has 2 N–H and O–H groups in total. The minimum atomic E-state index is -0.871. The minimum absolute atomic E-state index is 0.233. The highest BCUT2D eigenvalue weighted by Crippen LogP contribution is 2.36. The van der Waals surface area contributed by atoms with E-state index < -0.39 is 29.6 Å². The molecule has 2 rings (SSSR count). The molecular formula is C25H29BrFN3O6. The van der Waals surface area contributed by atoms with Gasteiger partial charge in [-0.2, -0.15) is 5.10 Å². The largest absolute Gasteiger partial charge is 0.490 e. The van der Waals surface area contributed by atoms with Gasteiger partial charge in [0.2, 0.25) is 0 Å². The Morgan fingerprint density at radius 1 is 1.08 bits per heavy atom. The first kappa shape index (κ1) is 28.8. The van der Waals surface area contributed by atoms with Crippen molar-refractivity contribution >= 4 is 39.9 Å². The molecule has 0 bridgehead atoms. The lowest BCUT2D eigenvalue weighted by Crippen LogP contribution is -2.48. The van der Waals surface area contributed by atoms with E-state index in [4.69, 9.17) is 14.2 Å². The number of nitrogens with one attached hydrogen (secondary N) is 2. The fourth-order valence-electron chi connectivity index (χ4n) is 3.00. The van der Waals surface area contributed by atoms with Crippen molar-refractivity contribution in [2.24, 2.45) is 11.0 Å². The van der Waals surface area contributed by atoms with Gasteiger partial charge in [-0.3, -0.25) is 9.59 Å². The number of carbonyl (C=O) groups is 3. The summed E-state index contributed by atoms with van der Waals surface area (Å²) >= 11 is 3.40. The summed E-state index contributed by atoms with van der Waals surface area (Å²) in [5.74, 6) is -1.53. The summed E-state index contributed by atoms with van der Waals surface area (Å²) in [7, 11) is 0. The van der Waals surface area contributed by atoms with E-state index >= 15 is 0 Å². The Bertz CT molecular complexity index is 1090. The second kappa shape index (κ2) is 14.2. The summed E-state index contributed by atoms with van der Waals surface area (Å²) in [5, 5.41) is 6.64. The molecule has 0 aliphatic carbocycles. The third-order valence-electron chi connectivity index (χ3n) is 4.70. The van der Waals surface area contributed by atoms with Crippen molar-refractivity contribution < 1.29 is 33.0 Å². The zero-order valence-electron chi connectivity index (χ0n) is 20.5. The lowest BCUT2D eigenvalue weighted by Gasteiger charge is -2.20. The first-order valence-electron chi connectivity index (χ1n) is 11.3. The Morgan fingerprint density at radius 3 is 2.39 bits per heavy atom. The molecule has 2 aromatic rings. The molecule has 1 unspecified atom stereocenters. The van der Waals surface area contributed by atoms with Crippen LogP contribution >= 0.6 is 15.9 Å². The standard InChI is InChI=1S/C25H29BrFN3O6/c1-5-34-20-12-16(11-19(26)23(20)36-14-21(31)35-6-2)13-28-30-25(33)22(15(3)4)29-24(32)17-7-9-18(27)10-8-17/h7-13,15,22H,5-6,14H2,1-4H3,(H,29,32)(H,30,33)/b28-13+. The molecule has 0 aromatic heterocycles. The first-order chi connectivity index (χ1) is 17.2. The maximum atomic E-state index is 13.1. The third kappa shape index (κ3) is 8.63. The lowest BCUT2D eigenvalue weighted by atomic mass is 10.0. The highest BCUT2D eigenvalue weighted by Gasteiger charge is 2.24. The maximum absolute atomic E-state index is 13.1. The maximum Gasteiger partial charge on any atom is 0.344 e. The normalized spacial score (nSPS) is 11.8. The molecule has 11 heteroatoms.